The predicted octanol–water partition coefficient (Wildman–Crippen LogP) is 2.35. The van der Waals surface area contributed by atoms with Gasteiger partial charge < -0.3 is 5.32 Å². The van der Waals surface area contributed by atoms with Crippen molar-refractivity contribution in [1.29, 1.82) is 0 Å². The summed E-state index contributed by atoms with van der Waals surface area (Å²) in [4.78, 5) is 4.19. The Kier molecular flexibility index (Phi) is 2.33. The van der Waals surface area contributed by atoms with E-state index < -0.39 is 0 Å². The first-order valence-electron chi connectivity index (χ1n) is 5.27. The van der Waals surface area contributed by atoms with Gasteiger partial charge >= 0.3 is 0 Å². The fourth-order valence-corrected chi connectivity index (χ4v) is 2.04. The normalized spacial score (nSPS) is 18.2. The summed E-state index contributed by atoms with van der Waals surface area (Å²) in [5.74, 6) is 0.781. The molecule has 86 valence electrons. The van der Waals surface area contributed by atoms with Crippen molar-refractivity contribution in [1.82, 2.24) is 15.0 Å². The lowest BCUT2D eigenvalue weighted by atomic mass is 10.2. The number of aromatic nitrogens is 3. The zero-order valence-corrected chi connectivity index (χ0v) is 9.89. The van der Waals surface area contributed by atoms with Crippen LogP contribution in [0.15, 0.2) is 35.3 Å². The van der Waals surface area contributed by atoms with Crippen LogP contribution >= 0.6 is 11.6 Å². The molecular weight excluding hydrogens is 238 g/mol. The van der Waals surface area contributed by atoms with Crippen molar-refractivity contribution in [3.05, 3.63) is 36.0 Å². The number of benzene rings is 1. The molecule has 1 aromatic carbocycles. The molecule has 2 aromatic rings. The maximum atomic E-state index is 5.93. The molecule has 0 saturated heterocycles. The summed E-state index contributed by atoms with van der Waals surface area (Å²) in [5.41, 5.74) is 1.74. The minimum Gasteiger partial charge on any atom is -0.314 e. The first-order chi connectivity index (χ1) is 8.25. The number of nitrogens with one attached hydrogen (secondary N) is 1. The second-order valence-electron chi connectivity index (χ2n) is 3.79. The van der Waals surface area contributed by atoms with E-state index in [1.807, 2.05) is 37.3 Å². The van der Waals surface area contributed by atoms with Crippen LogP contribution in [-0.4, -0.2) is 20.3 Å². The van der Waals surface area contributed by atoms with Gasteiger partial charge in [-0.3, -0.25) is 0 Å². The van der Waals surface area contributed by atoms with Gasteiger partial charge in [-0.05, 0) is 30.7 Å². The van der Waals surface area contributed by atoms with E-state index in [4.69, 9.17) is 11.6 Å². The molecule has 0 bridgehead atoms. The zero-order chi connectivity index (χ0) is 11.8. The van der Waals surface area contributed by atoms with Crippen molar-refractivity contribution in [2.24, 2.45) is 4.99 Å². The Morgan fingerprint density at radius 2 is 2.06 bits per heavy atom. The number of fused-ring (bicyclic) bond motifs is 1. The summed E-state index contributed by atoms with van der Waals surface area (Å²) in [7, 11) is 0. The number of aliphatic imine (C=N–C) groups is 1. The van der Waals surface area contributed by atoms with Crippen molar-refractivity contribution in [3.63, 3.8) is 0 Å². The highest BCUT2D eigenvalue weighted by molar-refractivity contribution is 6.67. The summed E-state index contributed by atoms with van der Waals surface area (Å²) in [6.07, 6.45) is 0. The van der Waals surface area contributed by atoms with Crippen LogP contribution in [0.2, 0.25) is 0 Å². The van der Waals surface area contributed by atoms with Crippen LogP contribution in [0.4, 0.5) is 5.82 Å². The Morgan fingerprint density at radius 3 is 2.82 bits per heavy atom. The van der Waals surface area contributed by atoms with Gasteiger partial charge in [0.05, 0.1) is 11.7 Å². The molecule has 0 aliphatic carbocycles. The molecule has 5 nitrogen and oxygen atoms in total. The molecule has 0 saturated carbocycles. The molecular formula is C11H10ClN5. The molecule has 2 heterocycles. The fourth-order valence-electron chi connectivity index (χ4n) is 1.80. The van der Waals surface area contributed by atoms with Gasteiger partial charge in [-0.2, -0.15) is 4.68 Å². The van der Waals surface area contributed by atoms with Gasteiger partial charge in [0.2, 0.25) is 0 Å². The molecule has 0 spiro atoms. The van der Waals surface area contributed by atoms with Crippen molar-refractivity contribution < 1.29 is 0 Å². The standard InChI is InChI=1S/C11H10ClN5/c1-7-9-10(14-11(12)13-7)17(16-15-9)8-5-3-2-4-6-8/h2-7H,1H3,(H,13,14)/t7-/m0/s1. The second-order valence-corrected chi connectivity index (χ2v) is 4.15. The van der Waals surface area contributed by atoms with Crippen molar-refractivity contribution in [3.8, 4) is 5.69 Å². The van der Waals surface area contributed by atoms with E-state index in [-0.39, 0.29) is 6.04 Å². The van der Waals surface area contributed by atoms with Gasteiger partial charge in [0.15, 0.2) is 11.1 Å². The minimum atomic E-state index is -0.0730. The molecule has 0 radical (unpaired) electrons. The molecule has 0 unspecified atom stereocenters. The van der Waals surface area contributed by atoms with Crippen LogP contribution in [-0.2, 0) is 0 Å². The third-order valence-electron chi connectivity index (χ3n) is 2.62. The third kappa shape index (κ3) is 1.68. The topological polar surface area (TPSA) is 55.1 Å². The van der Waals surface area contributed by atoms with E-state index in [1.54, 1.807) is 4.68 Å². The predicted molar refractivity (Wildman–Crippen MR) is 66.7 cm³/mol. The third-order valence-corrected chi connectivity index (χ3v) is 2.81. The van der Waals surface area contributed by atoms with Crippen LogP contribution in [0, 0.1) is 0 Å². The van der Waals surface area contributed by atoms with Crippen LogP contribution in [0.5, 0.6) is 0 Å². The molecule has 6 heteroatoms. The number of nitrogens with zero attached hydrogens (tertiary/aromatic N) is 4. The first kappa shape index (κ1) is 10.3. The summed E-state index contributed by atoms with van der Waals surface area (Å²) in [6, 6.07) is 9.70. The molecule has 0 fully saturated rings. The van der Waals surface area contributed by atoms with Gasteiger partial charge in [0.25, 0.3) is 0 Å². The number of anilines is 1. The second kappa shape index (κ2) is 3.85. The van der Waals surface area contributed by atoms with Crippen molar-refractivity contribution in [2.75, 3.05) is 5.32 Å². The molecule has 1 aromatic heterocycles. The lowest BCUT2D eigenvalue weighted by molar-refractivity contribution is 0.759. The van der Waals surface area contributed by atoms with Crippen LogP contribution in [0.1, 0.15) is 18.7 Å². The fraction of sp³-hybridized carbons (Fsp3) is 0.182. The highest BCUT2D eigenvalue weighted by Crippen LogP contribution is 2.29. The molecule has 1 N–H and O–H groups in total. The largest absolute Gasteiger partial charge is 0.314 e. The molecule has 17 heavy (non-hydrogen) atoms. The smallest absolute Gasteiger partial charge is 0.197 e. The van der Waals surface area contributed by atoms with Gasteiger partial charge in [0.1, 0.15) is 5.69 Å². The number of para-hydroxylation sites is 1. The quantitative estimate of drug-likeness (QED) is 0.787. The summed E-state index contributed by atoms with van der Waals surface area (Å²) >= 11 is 5.93. The first-order valence-corrected chi connectivity index (χ1v) is 5.65. The summed E-state index contributed by atoms with van der Waals surface area (Å²) in [5, 5.41) is 11.6. The Labute approximate surface area is 103 Å². The average Bonchev–Trinajstić information content (AvgIpc) is 2.74. The Morgan fingerprint density at radius 1 is 1.29 bits per heavy atom. The zero-order valence-electron chi connectivity index (χ0n) is 9.13. The maximum absolute atomic E-state index is 5.93. The Hall–Kier alpha value is -1.88. The molecule has 1 atom stereocenters. The average molecular weight is 248 g/mol. The molecule has 1 aliphatic heterocycles. The highest BCUT2D eigenvalue weighted by Gasteiger charge is 2.24. The summed E-state index contributed by atoms with van der Waals surface area (Å²) < 4.78 is 1.73. The van der Waals surface area contributed by atoms with Gasteiger partial charge in [-0.1, -0.05) is 23.4 Å². The van der Waals surface area contributed by atoms with E-state index in [0.29, 0.717) is 5.29 Å². The summed E-state index contributed by atoms with van der Waals surface area (Å²) in [6.45, 7) is 1.94. The lowest BCUT2D eigenvalue weighted by Crippen LogP contribution is -2.16. The molecule has 1 aliphatic rings. The van der Waals surface area contributed by atoms with E-state index in [9.17, 15) is 0 Å². The van der Waals surface area contributed by atoms with Crippen molar-refractivity contribution in [2.45, 2.75) is 13.0 Å². The van der Waals surface area contributed by atoms with Gasteiger partial charge in [-0.25, -0.2) is 4.99 Å². The minimum absolute atomic E-state index is 0.0730. The Bertz CT molecular complexity index is 575. The number of hydrogen-bond donors (Lipinski definition) is 1. The highest BCUT2D eigenvalue weighted by atomic mass is 35.5. The number of hydrogen-bond acceptors (Lipinski definition) is 4. The van der Waals surface area contributed by atoms with Crippen LogP contribution in [0.25, 0.3) is 5.69 Å². The van der Waals surface area contributed by atoms with Crippen molar-refractivity contribution >= 4 is 22.7 Å². The van der Waals surface area contributed by atoms with Crippen LogP contribution in [0.3, 0.4) is 0 Å². The maximum Gasteiger partial charge on any atom is 0.197 e. The number of amidine groups is 1. The number of rotatable bonds is 1. The number of halogens is 1. The molecule has 3 rings (SSSR count). The van der Waals surface area contributed by atoms with E-state index in [0.717, 1.165) is 17.2 Å². The van der Waals surface area contributed by atoms with Crippen LogP contribution < -0.4 is 5.32 Å². The monoisotopic (exact) mass is 247 g/mol. The molecule has 0 amide bonds. The van der Waals surface area contributed by atoms with E-state index >= 15 is 0 Å². The lowest BCUT2D eigenvalue weighted by Gasteiger charge is -2.16. The Balaban J connectivity index is 2.12. The van der Waals surface area contributed by atoms with E-state index in [2.05, 4.69) is 20.6 Å². The SMILES string of the molecule is C[C@@H]1N=C(Cl)Nc2c1nnn2-c1ccccc1. The van der Waals surface area contributed by atoms with Gasteiger partial charge in [-0.15, -0.1) is 5.10 Å². The van der Waals surface area contributed by atoms with E-state index in [1.165, 1.54) is 0 Å². The van der Waals surface area contributed by atoms with Gasteiger partial charge in [0, 0.05) is 0 Å².